The molecule has 1 aromatic carbocycles. The van der Waals surface area contributed by atoms with E-state index in [0.29, 0.717) is 25.5 Å². The van der Waals surface area contributed by atoms with Crippen molar-refractivity contribution in [2.45, 2.75) is 25.6 Å². The zero-order chi connectivity index (χ0) is 13.7. The summed E-state index contributed by atoms with van der Waals surface area (Å²) in [6.07, 6.45) is 1.90. The summed E-state index contributed by atoms with van der Waals surface area (Å²) in [7, 11) is 0. The van der Waals surface area contributed by atoms with Crippen molar-refractivity contribution in [1.29, 1.82) is 0 Å². The number of hydrogen-bond donors (Lipinski definition) is 2. The number of nitrogens with zero attached hydrogens (tertiary/aromatic N) is 1. The summed E-state index contributed by atoms with van der Waals surface area (Å²) in [6, 6.07) is 4.83. The number of nitro groups is 1. The van der Waals surface area contributed by atoms with E-state index in [9.17, 15) is 10.1 Å². The maximum absolute atomic E-state index is 10.9. The molecule has 0 aliphatic carbocycles. The number of nitrogens with one attached hydrogen (secondary N) is 1. The van der Waals surface area contributed by atoms with Crippen molar-refractivity contribution in [2.75, 3.05) is 18.6 Å². The first-order chi connectivity index (χ1) is 9.20. The predicted octanol–water partition coefficient (Wildman–Crippen LogP) is 1.58. The number of nitro benzene ring substituents is 1. The van der Waals surface area contributed by atoms with Crippen molar-refractivity contribution in [3.8, 4) is 0 Å². The number of rotatable bonds is 5. The van der Waals surface area contributed by atoms with Gasteiger partial charge in [0.05, 0.1) is 17.6 Å². The van der Waals surface area contributed by atoms with Crippen LogP contribution < -0.4 is 11.3 Å². The lowest BCUT2D eigenvalue weighted by atomic mass is 10.1. The van der Waals surface area contributed by atoms with Crippen LogP contribution in [0.1, 0.15) is 18.4 Å². The number of ether oxygens (including phenoxy) is 2. The van der Waals surface area contributed by atoms with Crippen molar-refractivity contribution in [1.82, 2.24) is 0 Å². The molecule has 0 amide bonds. The smallest absolute Gasteiger partial charge is 0.294 e. The Hall–Kier alpha value is -1.70. The van der Waals surface area contributed by atoms with Crippen LogP contribution in [0.5, 0.6) is 0 Å². The molecule has 3 N–H and O–H groups in total. The second-order valence-corrected chi connectivity index (χ2v) is 4.38. The van der Waals surface area contributed by atoms with Crippen LogP contribution in [0.4, 0.5) is 11.4 Å². The third-order valence-corrected chi connectivity index (χ3v) is 3.07. The minimum Gasteiger partial charge on any atom is -0.381 e. The lowest BCUT2D eigenvalue weighted by molar-refractivity contribution is -0.384. The molecule has 1 heterocycles. The summed E-state index contributed by atoms with van der Waals surface area (Å²) in [5, 5.41) is 10.9. The topological polar surface area (TPSA) is 99.7 Å². The minimum atomic E-state index is -0.465. The van der Waals surface area contributed by atoms with Gasteiger partial charge in [-0.2, -0.15) is 0 Å². The standard InChI is InChI=1S/C12H17N3O4/c13-14-11-2-1-9(7-12(11)15(16)17)8-19-10-3-5-18-6-4-10/h1-2,7,10,14H,3-6,8,13H2. The van der Waals surface area contributed by atoms with E-state index in [2.05, 4.69) is 5.43 Å². The molecule has 104 valence electrons. The lowest BCUT2D eigenvalue weighted by Crippen LogP contribution is -2.23. The minimum absolute atomic E-state index is 0.0458. The van der Waals surface area contributed by atoms with E-state index >= 15 is 0 Å². The fraction of sp³-hybridized carbons (Fsp3) is 0.500. The number of hydrogen-bond acceptors (Lipinski definition) is 6. The van der Waals surface area contributed by atoms with E-state index in [1.54, 1.807) is 12.1 Å². The van der Waals surface area contributed by atoms with Crippen LogP contribution in [-0.2, 0) is 16.1 Å². The molecule has 0 radical (unpaired) electrons. The van der Waals surface area contributed by atoms with Gasteiger partial charge in [-0.05, 0) is 24.5 Å². The van der Waals surface area contributed by atoms with Gasteiger partial charge in [0.25, 0.3) is 5.69 Å². The van der Waals surface area contributed by atoms with Crippen LogP contribution in [0, 0.1) is 10.1 Å². The van der Waals surface area contributed by atoms with E-state index in [1.807, 2.05) is 0 Å². The fourth-order valence-corrected chi connectivity index (χ4v) is 2.00. The molecule has 1 aliphatic rings. The summed E-state index contributed by atoms with van der Waals surface area (Å²) in [5.41, 5.74) is 3.32. The van der Waals surface area contributed by atoms with Gasteiger partial charge >= 0.3 is 0 Å². The van der Waals surface area contributed by atoms with E-state index in [1.165, 1.54) is 6.07 Å². The zero-order valence-corrected chi connectivity index (χ0v) is 10.5. The molecular weight excluding hydrogens is 250 g/mol. The van der Waals surface area contributed by atoms with E-state index in [4.69, 9.17) is 15.3 Å². The van der Waals surface area contributed by atoms with Gasteiger partial charge < -0.3 is 14.9 Å². The Morgan fingerprint density at radius 3 is 2.84 bits per heavy atom. The van der Waals surface area contributed by atoms with Crippen molar-refractivity contribution < 1.29 is 14.4 Å². The molecule has 2 rings (SSSR count). The van der Waals surface area contributed by atoms with Crippen LogP contribution >= 0.6 is 0 Å². The molecule has 1 fully saturated rings. The first kappa shape index (κ1) is 13.7. The third kappa shape index (κ3) is 3.63. The lowest BCUT2D eigenvalue weighted by Gasteiger charge is -2.22. The van der Waals surface area contributed by atoms with Crippen molar-refractivity contribution in [3.05, 3.63) is 33.9 Å². The van der Waals surface area contributed by atoms with Gasteiger partial charge in [0, 0.05) is 19.3 Å². The third-order valence-electron chi connectivity index (χ3n) is 3.07. The van der Waals surface area contributed by atoms with Crippen molar-refractivity contribution in [3.63, 3.8) is 0 Å². The molecule has 1 aliphatic heterocycles. The Labute approximate surface area is 110 Å². The highest BCUT2D eigenvalue weighted by Crippen LogP contribution is 2.25. The summed E-state index contributed by atoms with van der Waals surface area (Å²) < 4.78 is 11.0. The van der Waals surface area contributed by atoms with E-state index < -0.39 is 4.92 Å². The molecule has 0 unspecified atom stereocenters. The molecule has 0 atom stereocenters. The summed E-state index contributed by atoms with van der Waals surface area (Å²) in [5.74, 6) is 5.23. The number of anilines is 1. The van der Waals surface area contributed by atoms with Crippen molar-refractivity contribution >= 4 is 11.4 Å². The molecule has 19 heavy (non-hydrogen) atoms. The van der Waals surface area contributed by atoms with Gasteiger partial charge in [-0.25, -0.2) is 0 Å². The first-order valence-corrected chi connectivity index (χ1v) is 6.14. The van der Waals surface area contributed by atoms with Crippen LogP contribution in [0.2, 0.25) is 0 Å². The number of benzene rings is 1. The highest BCUT2D eigenvalue weighted by atomic mass is 16.6. The molecule has 1 aromatic rings. The Kier molecular flexibility index (Phi) is 4.67. The molecule has 0 spiro atoms. The predicted molar refractivity (Wildman–Crippen MR) is 69.5 cm³/mol. The highest BCUT2D eigenvalue weighted by Gasteiger charge is 2.16. The zero-order valence-electron chi connectivity index (χ0n) is 10.5. The maximum atomic E-state index is 10.9. The Morgan fingerprint density at radius 1 is 1.47 bits per heavy atom. The van der Waals surface area contributed by atoms with Crippen LogP contribution in [-0.4, -0.2) is 24.2 Å². The van der Waals surface area contributed by atoms with Crippen LogP contribution in [0.25, 0.3) is 0 Å². The number of nitrogen functional groups attached to an aromatic ring is 1. The summed E-state index contributed by atoms with van der Waals surface area (Å²) in [4.78, 5) is 10.4. The molecule has 0 bridgehead atoms. The maximum Gasteiger partial charge on any atom is 0.294 e. The molecule has 7 heteroatoms. The second kappa shape index (κ2) is 6.46. The largest absolute Gasteiger partial charge is 0.381 e. The van der Waals surface area contributed by atoms with Gasteiger partial charge in [0.1, 0.15) is 5.69 Å². The Bertz CT molecular complexity index is 447. The van der Waals surface area contributed by atoms with E-state index in [0.717, 1.165) is 18.4 Å². The van der Waals surface area contributed by atoms with Crippen LogP contribution in [0.3, 0.4) is 0 Å². The Balaban J connectivity index is 2.00. The quantitative estimate of drug-likeness (QED) is 0.477. The molecule has 0 saturated carbocycles. The Morgan fingerprint density at radius 2 is 2.21 bits per heavy atom. The van der Waals surface area contributed by atoms with Crippen LogP contribution in [0.15, 0.2) is 18.2 Å². The number of nitrogens with two attached hydrogens (primary N) is 1. The SMILES string of the molecule is NNc1ccc(COC2CCOCC2)cc1[N+](=O)[O-]. The van der Waals surface area contributed by atoms with E-state index in [-0.39, 0.29) is 11.8 Å². The fourth-order valence-electron chi connectivity index (χ4n) is 2.00. The van der Waals surface area contributed by atoms with Gasteiger partial charge in [-0.15, -0.1) is 0 Å². The van der Waals surface area contributed by atoms with Gasteiger partial charge in [0.15, 0.2) is 0 Å². The molecule has 0 aromatic heterocycles. The van der Waals surface area contributed by atoms with Gasteiger partial charge in [-0.1, -0.05) is 6.07 Å². The average molecular weight is 267 g/mol. The normalized spacial score (nSPS) is 16.3. The van der Waals surface area contributed by atoms with Gasteiger partial charge in [0.2, 0.25) is 0 Å². The second-order valence-electron chi connectivity index (χ2n) is 4.38. The number of hydrazine groups is 1. The molecule has 1 saturated heterocycles. The highest BCUT2D eigenvalue weighted by molar-refractivity contribution is 5.61. The van der Waals surface area contributed by atoms with Crippen molar-refractivity contribution in [2.24, 2.45) is 5.84 Å². The first-order valence-electron chi connectivity index (χ1n) is 6.14. The average Bonchev–Trinajstić information content (AvgIpc) is 2.46. The molecular formula is C12H17N3O4. The summed E-state index contributed by atoms with van der Waals surface area (Å²) >= 11 is 0. The summed E-state index contributed by atoms with van der Waals surface area (Å²) in [6.45, 7) is 1.78. The monoisotopic (exact) mass is 267 g/mol. The van der Waals surface area contributed by atoms with Gasteiger partial charge in [-0.3, -0.25) is 16.0 Å². The molecule has 7 nitrogen and oxygen atoms in total.